The number of methoxy groups -OCH3 is 1. The number of hydrogen-bond donors (Lipinski definition) is 0. The maximum absolute atomic E-state index is 12.4. The number of Topliss-reactive ketones (excluding diaryl/α,β-unsaturated/α-hetero) is 1. The fraction of sp³-hybridized carbons (Fsp3) is 0.462. The summed E-state index contributed by atoms with van der Waals surface area (Å²) in [5.41, 5.74) is 0. The van der Waals surface area contributed by atoms with Gasteiger partial charge in [0.1, 0.15) is 11.5 Å². The lowest BCUT2D eigenvalue weighted by Crippen LogP contribution is -2.26. The number of carbonyl (C=O) groups excluding carboxylic acids is 1. The summed E-state index contributed by atoms with van der Waals surface area (Å²) >= 11 is 0. The Balaban J connectivity index is 2.33. The third-order valence-electron chi connectivity index (χ3n) is 3.53. The zero-order valence-electron chi connectivity index (χ0n) is 10.4. The van der Waals surface area contributed by atoms with E-state index in [1.807, 2.05) is 0 Å². The molecule has 18 heavy (non-hydrogen) atoms. The van der Waals surface area contributed by atoms with Gasteiger partial charge in [-0.05, 0) is 30.7 Å². The van der Waals surface area contributed by atoms with Gasteiger partial charge in [0.05, 0.1) is 17.3 Å². The monoisotopic (exact) mass is 268 g/mol. The zero-order valence-corrected chi connectivity index (χ0v) is 11.2. The highest BCUT2D eigenvalue weighted by atomic mass is 32.2. The SMILES string of the molecule is COc1ccc(S(=O)(=O)C2CCC(=O)C2C)cc1. The first-order valence-corrected chi connectivity index (χ1v) is 7.42. The molecule has 98 valence electrons. The molecule has 2 atom stereocenters. The number of sulfone groups is 1. The molecule has 0 N–H and O–H groups in total. The average molecular weight is 268 g/mol. The molecule has 1 aliphatic carbocycles. The number of benzene rings is 1. The lowest BCUT2D eigenvalue weighted by Gasteiger charge is -2.15. The van der Waals surface area contributed by atoms with Gasteiger partial charge in [-0.25, -0.2) is 8.42 Å². The first-order valence-electron chi connectivity index (χ1n) is 5.87. The molecule has 1 aliphatic rings. The van der Waals surface area contributed by atoms with Crippen LogP contribution in [0.15, 0.2) is 29.2 Å². The number of carbonyl (C=O) groups is 1. The maximum atomic E-state index is 12.4. The van der Waals surface area contributed by atoms with E-state index in [0.29, 0.717) is 18.6 Å². The summed E-state index contributed by atoms with van der Waals surface area (Å²) in [6.07, 6.45) is 0.787. The largest absolute Gasteiger partial charge is 0.497 e. The minimum atomic E-state index is -3.42. The van der Waals surface area contributed by atoms with Crippen LogP contribution in [0.1, 0.15) is 19.8 Å². The Bertz CT molecular complexity index is 545. The van der Waals surface area contributed by atoms with Crippen molar-refractivity contribution in [2.24, 2.45) is 5.92 Å². The predicted molar refractivity (Wildman–Crippen MR) is 67.4 cm³/mol. The molecule has 0 radical (unpaired) electrons. The highest BCUT2D eigenvalue weighted by molar-refractivity contribution is 7.92. The molecule has 1 aromatic rings. The van der Waals surface area contributed by atoms with Crippen LogP contribution in [0.3, 0.4) is 0 Å². The summed E-state index contributed by atoms with van der Waals surface area (Å²) in [5, 5.41) is -0.585. The summed E-state index contributed by atoms with van der Waals surface area (Å²) in [5.74, 6) is 0.249. The van der Waals surface area contributed by atoms with Gasteiger partial charge in [0.25, 0.3) is 0 Å². The zero-order chi connectivity index (χ0) is 13.3. The van der Waals surface area contributed by atoms with Crippen LogP contribution in [-0.4, -0.2) is 26.6 Å². The van der Waals surface area contributed by atoms with Crippen LogP contribution in [0.4, 0.5) is 0 Å². The predicted octanol–water partition coefficient (Wildman–Crippen LogP) is 1.84. The van der Waals surface area contributed by atoms with Crippen LogP contribution in [0.2, 0.25) is 0 Å². The van der Waals surface area contributed by atoms with Gasteiger partial charge < -0.3 is 4.74 Å². The Morgan fingerprint density at radius 3 is 2.28 bits per heavy atom. The molecule has 5 heteroatoms. The quantitative estimate of drug-likeness (QED) is 0.839. The highest BCUT2D eigenvalue weighted by Crippen LogP contribution is 2.32. The van der Waals surface area contributed by atoms with Gasteiger partial charge in [-0.2, -0.15) is 0 Å². The summed E-state index contributed by atoms with van der Waals surface area (Å²) in [7, 11) is -1.89. The normalized spacial score (nSPS) is 24.2. The van der Waals surface area contributed by atoms with Crippen molar-refractivity contribution < 1.29 is 17.9 Å². The smallest absolute Gasteiger partial charge is 0.181 e. The Labute approximate surface area is 107 Å². The highest BCUT2D eigenvalue weighted by Gasteiger charge is 2.40. The van der Waals surface area contributed by atoms with Crippen LogP contribution in [0, 0.1) is 5.92 Å². The Kier molecular flexibility index (Phi) is 3.43. The Morgan fingerprint density at radius 1 is 1.22 bits per heavy atom. The van der Waals surface area contributed by atoms with Gasteiger partial charge in [0, 0.05) is 12.3 Å². The molecule has 0 aromatic heterocycles. The minimum Gasteiger partial charge on any atom is -0.497 e. The standard InChI is InChI=1S/C13H16O4S/c1-9-12(14)7-8-13(9)18(15,16)11-5-3-10(17-2)4-6-11/h3-6,9,13H,7-8H2,1-2H3. The van der Waals surface area contributed by atoms with Crippen molar-refractivity contribution in [2.45, 2.75) is 29.9 Å². The number of hydrogen-bond acceptors (Lipinski definition) is 4. The fourth-order valence-corrected chi connectivity index (χ4v) is 4.32. The number of rotatable bonds is 3. The third-order valence-corrected chi connectivity index (χ3v) is 5.90. The van der Waals surface area contributed by atoms with Gasteiger partial charge in [-0.15, -0.1) is 0 Å². The van der Waals surface area contributed by atoms with Crippen molar-refractivity contribution in [1.82, 2.24) is 0 Å². The number of ketones is 1. The van der Waals surface area contributed by atoms with Crippen molar-refractivity contribution >= 4 is 15.6 Å². The first-order chi connectivity index (χ1) is 8.46. The van der Waals surface area contributed by atoms with E-state index in [1.54, 1.807) is 19.1 Å². The Morgan fingerprint density at radius 2 is 1.83 bits per heavy atom. The molecule has 0 aliphatic heterocycles. The molecule has 0 saturated heterocycles. The van der Waals surface area contributed by atoms with E-state index < -0.39 is 21.0 Å². The van der Waals surface area contributed by atoms with Gasteiger partial charge >= 0.3 is 0 Å². The van der Waals surface area contributed by atoms with E-state index in [0.717, 1.165) is 0 Å². The summed E-state index contributed by atoms with van der Waals surface area (Å²) < 4.78 is 29.8. The van der Waals surface area contributed by atoms with Gasteiger partial charge in [0.2, 0.25) is 0 Å². The minimum absolute atomic E-state index is 0.0390. The van der Waals surface area contributed by atoms with Gasteiger partial charge in [-0.3, -0.25) is 4.79 Å². The van der Waals surface area contributed by atoms with E-state index in [4.69, 9.17) is 4.74 Å². The second-order valence-electron chi connectivity index (χ2n) is 4.55. The molecular formula is C13H16O4S. The van der Waals surface area contributed by atoms with Crippen molar-refractivity contribution in [3.8, 4) is 5.75 Å². The maximum Gasteiger partial charge on any atom is 0.181 e. The van der Waals surface area contributed by atoms with Crippen molar-refractivity contribution in [2.75, 3.05) is 7.11 Å². The molecule has 2 unspecified atom stereocenters. The van der Waals surface area contributed by atoms with E-state index in [9.17, 15) is 13.2 Å². The van der Waals surface area contributed by atoms with E-state index in [-0.39, 0.29) is 10.7 Å². The van der Waals surface area contributed by atoms with Crippen molar-refractivity contribution in [3.05, 3.63) is 24.3 Å². The first kappa shape index (κ1) is 13.1. The molecule has 1 saturated carbocycles. The molecule has 2 rings (SSSR count). The molecule has 0 heterocycles. The number of ether oxygens (including phenoxy) is 1. The van der Waals surface area contributed by atoms with Gasteiger partial charge in [-0.1, -0.05) is 6.92 Å². The molecule has 0 amide bonds. The van der Waals surface area contributed by atoms with E-state index in [1.165, 1.54) is 19.2 Å². The third kappa shape index (κ3) is 2.14. The molecule has 1 fully saturated rings. The fourth-order valence-electron chi connectivity index (χ4n) is 2.33. The van der Waals surface area contributed by atoms with Crippen LogP contribution in [0.5, 0.6) is 5.75 Å². The van der Waals surface area contributed by atoms with E-state index >= 15 is 0 Å². The second kappa shape index (κ2) is 4.72. The Hall–Kier alpha value is -1.36. The molecule has 4 nitrogen and oxygen atoms in total. The molecular weight excluding hydrogens is 252 g/mol. The van der Waals surface area contributed by atoms with Crippen LogP contribution >= 0.6 is 0 Å². The van der Waals surface area contributed by atoms with Crippen LogP contribution < -0.4 is 4.74 Å². The summed E-state index contributed by atoms with van der Waals surface area (Å²) in [6, 6.07) is 6.30. The average Bonchev–Trinajstić information content (AvgIpc) is 2.70. The molecule has 0 bridgehead atoms. The van der Waals surface area contributed by atoms with Crippen molar-refractivity contribution in [1.29, 1.82) is 0 Å². The van der Waals surface area contributed by atoms with Crippen LogP contribution in [0.25, 0.3) is 0 Å². The lowest BCUT2D eigenvalue weighted by molar-refractivity contribution is -0.120. The second-order valence-corrected chi connectivity index (χ2v) is 6.72. The summed E-state index contributed by atoms with van der Waals surface area (Å²) in [6.45, 7) is 1.70. The lowest BCUT2D eigenvalue weighted by atomic mass is 10.1. The molecule has 0 spiro atoms. The summed E-state index contributed by atoms with van der Waals surface area (Å²) in [4.78, 5) is 11.7. The topological polar surface area (TPSA) is 60.4 Å². The van der Waals surface area contributed by atoms with Crippen molar-refractivity contribution in [3.63, 3.8) is 0 Å². The van der Waals surface area contributed by atoms with Gasteiger partial charge in [0.15, 0.2) is 9.84 Å². The molecule has 1 aromatic carbocycles. The van der Waals surface area contributed by atoms with E-state index in [2.05, 4.69) is 0 Å². The van der Waals surface area contributed by atoms with Crippen LogP contribution in [-0.2, 0) is 14.6 Å².